The van der Waals surface area contributed by atoms with Gasteiger partial charge in [-0.1, -0.05) is 11.8 Å². The van der Waals surface area contributed by atoms with Crippen LogP contribution in [0.3, 0.4) is 0 Å². The largest absolute Gasteiger partial charge is 0.416 e. The van der Waals surface area contributed by atoms with Crippen molar-refractivity contribution in [2.75, 3.05) is 29.9 Å². The number of aromatic nitrogens is 2. The molecular formula is C27H22F4N6O3. The molecule has 2 N–H and O–H groups in total. The van der Waals surface area contributed by atoms with Gasteiger partial charge in [0.1, 0.15) is 23.4 Å². The van der Waals surface area contributed by atoms with Gasteiger partial charge in [-0.15, -0.1) is 0 Å². The van der Waals surface area contributed by atoms with Crippen LogP contribution >= 0.6 is 0 Å². The lowest BCUT2D eigenvalue weighted by Gasteiger charge is -2.28. The summed E-state index contributed by atoms with van der Waals surface area (Å²) in [6, 6.07) is 7.49. The molecule has 40 heavy (non-hydrogen) atoms. The molecule has 4 rings (SSSR count). The Kier molecular flexibility index (Phi) is 7.99. The molecule has 2 aromatic heterocycles. The van der Waals surface area contributed by atoms with Crippen LogP contribution in [0.1, 0.15) is 27.3 Å². The van der Waals surface area contributed by atoms with E-state index in [1.807, 2.05) is 0 Å². The molecule has 0 spiro atoms. The summed E-state index contributed by atoms with van der Waals surface area (Å²) in [4.78, 5) is 48.2. The maximum atomic E-state index is 13.7. The first-order chi connectivity index (χ1) is 19.0. The molecule has 9 nitrogen and oxygen atoms in total. The molecule has 3 heterocycles. The number of rotatable bonds is 5. The minimum Gasteiger partial charge on any atom is -0.354 e. The third-order valence-electron chi connectivity index (χ3n) is 5.87. The minimum absolute atomic E-state index is 0.00743. The predicted molar refractivity (Wildman–Crippen MR) is 137 cm³/mol. The van der Waals surface area contributed by atoms with Crippen LogP contribution in [0.2, 0.25) is 0 Å². The maximum absolute atomic E-state index is 13.7. The van der Waals surface area contributed by atoms with Gasteiger partial charge in [0.15, 0.2) is 0 Å². The van der Waals surface area contributed by atoms with E-state index in [2.05, 4.69) is 32.4 Å². The highest BCUT2D eigenvalue weighted by Gasteiger charge is 2.41. The molecule has 0 radical (unpaired) electrons. The molecule has 1 aliphatic rings. The Hall–Kier alpha value is -4.99. The Morgan fingerprint density at radius 3 is 2.52 bits per heavy atom. The van der Waals surface area contributed by atoms with Crippen LogP contribution in [-0.2, 0) is 11.0 Å². The van der Waals surface area contributed by atoms with E-state index in [9.17, 15) is 31.9 Å². The minimum atomic E-state index is -4.69. The van der Waals surface area contributed by atoms with E-state index in [1.54, 1.807) is 6.07 Å². The average molecular weight is 555 g/mol. The smallest absolute Gasteiger partial charge is 0.354 e. The van der Waals surface area contributed by atoms with Gasteiger partial charge in [-0.2, -0.15) is 13.2 Å². The monoisotopic (exact) mass is 554 g/mol. The zero-order valence-corrected chi connectivity index (χ0v) is 21.2. The Bertz CT molecular complexity index is 1500. The number of pyridine rings is 2. The molecule has 13 heteroatoms. The first-order valence-electron chi connectivity index (χ1n) is 11.8. The molecule has 0 bridgehead atoms. The number of carbonyl (C=O) groups excluding carboxylic acids is 3. The third kappa shape index (κ3) is 6.17. The van der Waals surface area contributed by atoms with Crippen molar-refractivity contribution in [1.82, 2.24) is 20.6 Å². The normalized spacial score (nSPS) is 14.7. The van der Waals surface area contributed by atoms with Crippen LogP contribution in [0.15, 0.2) is 54.7 Å². The van der Waals surface area contributed by atoms with Crippen molar-refractivity contribution in [3.05, 3.63) is 83.1 Å². The third-order valence-corrected chi connectivity index (χ3v) is 5.87. The van der Waals surface area contributed by atoms with E-state index >= 15 is 0 Å². The summed E-state index contributed by atoms with van der Waals surface area (Å²) in [5.74, 6) is 3.70. The molecular weight excluding hydrogens is 532 g/mol. The average Bonchev–Trinajstić information content (AvgIpc) is 3.32. The van der Waals surface area contributed by atoms with Crippen molar-refractivity contribution in [3.63, 3.8) is 0 Å². The number of hydrogen-bond donors (Lipinski definition) is 2. The van der Waals surface area contributed by atoms with Crippen LogP contribution in [-0.4, -0.2) is 54.0 Å². The van der Waals surface area contributed by atoms with Crippen molar-refractivity contribution in [2.24, 2.45) is 0 Å². The van der Waals surface area contributed by atoms with Crippen LogP contribution in [0.25, 0.3) is 0 Å². The number of hydrogen-bond acceptors (Lipinski definition) is 5. The van der Waals surface area contributed by atoms with Crippen molar-refractivity contribution < 1.29 is 31.9 Å². The topological polar surface area (TPSA) is 108 Å². The summed E-state index contributed by atoms with van der Waals surface area (Å²) in [6.45, 7) is 0.930. The van der Waals surface area contributed by atoms with Crippen LogP contribution < -0.4 is 20.4 Å². The number of carbonyl (C=O) groups is 3. The number of anilines is 2. The number of nitrogens with one attached hydrogen (secondary N) is 2. The van der Waals surface area contributed by atoms with E-state index < -0.39 is 35.5 Å². The quantitative estimate of drug-likeness (QED) is 0.372. The molecule has 1 fully saturated rings. The van der Waals surface area contributed by atoms with E-state index in [0.29, 0.717) is 11.6 Å². The standard InChI is InChI=1S/C27H22F4N6O3/c1-16-12-18(27(29,30)31)13-23(35-16)37-22(15-34-26(37)40)25(39)36(20-8-6-19(28)7-9-20)11-3-4-17-5-10-21(33-14-17)24(38)32-2/h5-10,12-14,22H,11,15H2,1-2H3,(H,32,38)(H,34,40)/t22-/m0/s1. The second-order valence-electron chi connectivity index (χ2n) is 8.64. The van der Waals surface area contributed by atoms with Gasteiger partial charge in [-0.05, 0) is 55.5 Å². The fourth-order valence-electron chi connectivity index (χ4n) is 3.95. The first-order valence-corrected chi connectivity index (χ1v) is 11.8. The molecule has 0 aliphatic carbocycles. The molecule has 1 atom stereocenters. The summed E-state index contributed by atoms with van der Waals surface area (Å²) < 4.78 is 53.9. The summed E-state index contributed by atoms with van der Waals surface area (Å²) in [5.41, 5.74) is -0.122. The maximum Gasteiger partial charge on any atom is 0.416 e. The first kappa shape index (κ1) is 28.0. The van der Waals surface area contributed by atoms with Crippen molar-refractivity contribution in [1.29, 1.82) is 0 Å². The van der Waals surface area contributed by atoms with Crippen LogP contribution in [0, 0.1) is 24.6 Å². The molecule has 4 amide bonds. The molecule has 3 aromatic rings. The Morgan fingerprint density at radius 1 is 1.18 bits per heavy atom. The number of urea groups is 1. The highest BCUT2D eigenvalue weighted by molar-refractivity contribution is 6.08. The van der Waals surface area contributed by atoms with Gasteiger partial charge in [-0.25, -0.2) is 19.2 Å². The summed E-state index contributed by atoms with van der Waals surface area (Å²) in [7, 11) is 1.47. The van der Waals surface area contributed by atoms with Crippen LogP contribution in [0.5, 0.6) is 0 Å². The molecule has 1 aliphatic heterocycles. The second-order valence-corrected chi connectivity index (χ2v) is 8.64. The van der Waals surface area contributed by atoms with E-state index in [-0.39, 0.29) is 41.9 Å². The Morgan fingerprint density at radius 2 is 1.90 bits per heavy atom. The molecule has 206 valence electrons. The number of benzene rings is 1. The highest BCUT2D eigenvalue weighted by Crippen LogP contribution is 2.33. The van der Waals surface area contributed by atoms with E-state index in [1.165, 1.54) is 43.3 Å². The van der Waals surface area contributed by atoms with Gasteiger partial charge in [0.25, 0.3) is 11.8 Å². The number of alkyl halides is 3. The lowest BCUT2D eigenvalue weighted by atomic mass is 10.1. The zero-order chi connectivity index (χ0) is 29.0. The second kappa shape index (κ2) is 11.4. The van der Waals surface area contributed by atoms with E-state index in [4.69, 9.17) is 0 Å². The number of nitrogens with zero attached hydrogens (tertiary/aromatic N) is 4. The molecule has 0 saturated carbocycles. The Labute approximate surface area is 226 Å². The van der Waals surface area contributed by atoms with Crippen LogP contribution in [0.4, 0.5) is 33.9 Å². The molecule has 0 unspecified atom stereocenters. The Balaban J connectivity index is 1.65. The van der Waals surface area contributed by atoms with Gasteiger partial charge in [0.2, 0.25) is 0 Å². The fourth-order valence-corrected chi connectivity index (χ4v) is 3.95. The fraction of sp³-hybridized carbons (Fsp3) is 0.222. The highest BCUT2D eigenvalue weighted by atomic mass is 19.4. The van der Waals surface area contributed by atoms with Gasteiger partial charge >= 0.3 is 12.2 Å². The summed E-state index contributed by atoms with van der Waals surface area (Å²) in [6.07, 6.45) is -3.31. The zero-order valence-electron chi connectivity index (χ0n) is 21.2. The lowest BCUT2D eigenvalue weighted by Crippen LogP contribution is -2.48. The van der Waals surface area contributed by atoms with Gasteiger partial charge in [0.05, 0.1) is 12.1 Å². The number of aryl methyl sites for hydroxylation is 1. The summed E-state index contributed by atoms with van der Waals surface area (Å²) in [5, 5.41) is 4.93. The predicted octanol–water partition coefficient (Wildman–Crippen LogP) is 3.29. The van der Waals surface area contributed by atoms with Gasteiger partial charge < -0.3 is 10.6 Å². The molecule has 1 aromatic carbocycles. The SMILES string of the molecule is CNC(=O)c1ccc(C#CCN(C(=O)[C@@H]2CNC(=O)N2c2cc(C(F)(F)F)cc(C)n2)c2ccc(F)cc2)cn1. The van der Waals surface area contributed by atoms with Gasteiger partial charge in [-0.3, -0.25) is 19.4 Å². The number of halogens is 4. The summed E-state index contributed by atoms with van der Waals surface area (Å²) >= 11 is 0. The van der Waals surface area contributed by atoms with Gasteiger partial charge in [0, 0.05) is 36.7 Å². The molecule has 1 saturated heterocycles. The van der Waals surface area contributed by atoms with Crippen molar-refractivity contribution in [3.8, 4) is 11.8 Å². The lowest BCUT2D eigenvalue weighted by molar-refractivity contribution is -0.137. The number of amides is 4. The van der Waals surface area contributed by atoms with Crippen molar-refractivity contribution >= 4 is 29.4 Å². The van der Waals surface area contributed by atoms with Crippen molar-refractivity contribution in [2.45, 2.75) is 19.1 Å². The van der Waals surface area contributed by atoms with E-state index in [0.717, 1.165) is 23.1 Å².